The van der Waals surface area contributed by atoms with Crippen LogP contribution >= 0.6 is 0 Å². The zero-order chi connectivity index (χ0) is 19.0. The third-order valence-electron chi connectivity index (χ3n) is 3.70. The molecule has 5 nitrogen and oxygen atoms in total. The summed E-state index contributed by atoms with van der Waals surface area (Å²) >= 11 is 0. The minimum Gasteiger partial charge on any atom is -0.465 e. The second-order valence-electron chi connectivity index (χ2n) is 5.19. The quantitative estimate of drug-likeness (QED) is 0.842. The van der Waals surface area contributed by atoms with Gasteiger partial charge in [0.15, 0.2) is 0 Å². The van der Waals surface area contributed by atoms with Gasteiger partial charge in [0, 0.05) is 11.7 Å². The minimum absolute atomic E-state index is 0.117. The number of hydrogen-bond acceptors (Lipinski definition) is 4. The summed E-state index contributed by atoms with van der Waals surface area (Å²) in [5, 5.41) is 3.05. The van der Waals surface area contributed by atoms with E-state index < -0.39 is 24.1 Å². The lowest BCUT2D eigenvalue weighted by Crippen LogP contribution is -2.51. The van der Waals surface area contributed by atoms with E-state index in [1.807, 2.05) is 13.8 Å². The average Bonchev–Trinajstić information content (AvgIpc) is 2.63. The highest BCUT2D eigenvalue weighted by molar-refractivity contribution is 5.98. The molecule has 1 aromatic carbocycles. The lowest BCUT2D eigenvalue weighted by atomic mass is 10.0. The number of amides is 1. The first-order chi connectivity index (χ1) is 11.8. The van der Waals surface area contributed by atoms with Crippen molar-refractivity contribution in [2.24, 2.45) is 0 Å². The van der Waals surface area contributed by atoms with E-state index in [1.54, 1.807) is 0 Å². The van der Waals surface area contributed by atoms with Gasteiger partial charge in [0.1, 0.15) is 0 Å². The number of benzene rings is 1. The molecule has 1 fully saturated rings. The topological polar surface area (TPSA) is 58.6 Å². The molecule has 0 bridgehead atoms. The van der Waals surface area contributed by atoms with Gasteiger partial charge >= 0.3 is 18.1 Å². The highest BCUT2D eigenvalue weighted by atomic mass is 19.4. The van der Waals surface area contributed by atoms with Crippen LogP contribution in [0.1, 0.15) is 37.0 Å². The normalized spacial score (nSPS) is 15.0. The van der Waals surface area contributed by atoms with E-state index in [4.69, 9.17) is 0 Å². The number of halogens is 3. The maximum atomic E-state index is 12.9. The fourth-order valence-electron chi connectivity index (χ4n) is 2.57. The van der Waals surface area contributed by atoms with Gasteiger partial charge in [-0.3, -0.25) is 4.79 Å². The van der Waals surface area contributed by atoms with Crippen LogP contribution in [0.2, 0.25) is 0 Å². The summed E-state index contributed by atoms with van der Waals surface area (Å²) in [6.45, 7) is 5.10. The first kappa shape index (κ1) is 21.0. The number of rotatable bonds is 3. The van der Waals surface area contributed by atoms with Crippen molar-refractivity contribution in [2.75, 3.05) is 25.1 Å². The predicted octanol–water partition coefficient (Wildman–Crippen LogP) is 3.15. The first-order valence-electron chi connectivity index (χ1n) is 8.14. The van der Waals surface area contributed by atoms with E-state index >= 15 is 0 Å². The summed E-state index contributed by atoms with van der Waals surface area (Å²) in [5.41, 5.74) is 0.327. The van der Waals surface area contributed by atoms with Gasteiger partial charge in [-0.05, 0) is 50.2 Å². The number of nitrogens with one attached hydrogen (secondary N) is 1. The van der Waals surface area contributed by atoms with Crippen molar-refractivity contribution in [3.05, 3.63) is 29.8 Å². The van der Waals surface area contributed by atoms with Crippen LogP contribution in [-0.4, -0.2) is 44.3 Å². The summed E-state index contributed by atoms with van der Waals surface area (Å²) in [6.07, 6.45) is -4.09. The lowest BCUT2D eigenvalue weighted by molar-refractivity contribution is -0.171. The van der Waals surface area contributed by atoms with Crippen LogP contribution in [0.15, 0.2) is 24.3 Å². The van der Waals surface area contributed by atoms with Crippen molar-refractivity contribution in [3.8, 4) is 0 Å². The number of nitrogens with zero attached hydrogens (tertiary/aromatic N) is 1. The van der Waals surface area contributed by atoms with Crippen molar-refractivity contribution in [2.45, 2.75) is 38.9 Å². The molecule has 1 aromatic rings. The zero-order valence-corrected chi connectivity index (χ0v) is 14.5. The number of hydrogen-bond donors (Lipinski definition) is 1. The molecule has 0 unspecified atom stereocenters. The number of carbonyl (C=O) groups excluding carboxylic acids is 2. The molecule has 0 atom stereocenters. The van der Waals surface area contributed by atoms with Gasteiger partial charge < -0.3 is 15.0 Å². The summed E-state index contributed by atoms with van der Waals surface area (Å²) < 4.78 is 43.3. The third kappa shape index (κ3) is 5.45. The molecule has 1 N–H and O–H groups in total. The fourth-order valence-corrected chi connectivity index (χ4v) is 2.57. The molecule has 1 aliphatic heterocycles. The molecule has 1 heterocycles. The number of anilines is 1. The van der Waals surface area contributed by atoms with Crippen LogP contribution in [-0.2, 0) is 9.53 Å². The zero-order valence-electron chi connectivity index (χ0n) is 14.5. The maximum absolute atomic E-state index is 12.9. The molecule has 0 saturated carbocycles. The van der Waals surface area contributed by atoms with Crippen molar-refractivity contribution in [1.82, 2.24) is 5.32 Å². The molecule has 1 aliphatic rings. The Morgan fingerprint density at radius 1 is 1.12 bits per heavy atom. The number of piperidine rings is 1. The van der Waals surface area contributed by atoms with E-state index in [-0.39, 0.29) is 11.3 Å². The van der Waals surface area contributed by atoms with Crippen molar-refractivity contribution in [1.29, 1.82) is 0 Å². The van der Waals surface area contributed by atoms with E-state index in [1.165, 1.54) is 31.4 Å². The highest BCUT2D eigenvalue weighted by Gasteiger charge is 2.45. The molecule has 1 saturated heterocycles. The Morgan fingerprint density at radius 2 is 1.64 bits per heavy atom. The van der Waals surface area contributed by atoms with Crippen LogP contribution in [0.5, 0.6) is 0 Å². The van der Waals surface area contributed by atoms with Gasteiger partial charge in [-0.15, -0.1) is 0 Å². The van der Waals surface area contributed by atoms with Crippen molar-refractivity contribution >= 4 is 17.6 Å². The summed E-state index contributed by atoms with van der Waals surface area (Å²) in [6, 6.07) is 4.82. The standard InChI is InChI=1S/C15H17F3N2O3.C2H6/c1-23-13(21)10-2-4-11(5-3-10)20(14(22)15(16,17)18)12-6-8-19-9-7-12;1-2/h2-5,12,19H,6-9H2,1H3;1-2H3. The molecule has 140 valence electrons. The monoisotopic (exact) mass is 360 g/mol. The van der Waals surface area contributed by atoms with Crippen LogP contribution in [0.4, 0.5) is 18.9 Å². The number of carbonyl (C=O) groups is 2. The molecule has 2 rings (SSSR count). The third-order valence-corrected chi connectivity index (χ3v) is 3.70. The first-order valence-corrected chi connectivity index (χ1v) is 8.14. The molecule has 8 heteroatoms. The van der Waals surface area contributed by atoms with Crippen molar-refractivity contribution in [3.63, 3.8) is 0 Å². The second-order valence-corrected chi connectivity index (χ2v) is 5.19. The molecule has 0 radical (unpaired) electrons. The second kappa shape index (κ2) is 9.41. The predicted molar refractivity (Wildman–Crippen MR) is 88.6 cm³/mol. The molecule has 1 amide bonds. The number of ether oxygens (including phenoxy) is 1. The maximum Gasteiger partial charge on any atom is 0.471 e. The van der Waals surface area contributed by atoms with E-state index in [9.17, 15) is 22.8 Å². The fraction of sp³-hybridized carbons (Fsp3) is 0.529. The summed E-state index contributed by atoms with van der Waals surface area (Å²) in [5.74, 6) is -2.48. The van der Waals surface area contributed by atoms with Crippen LogP contribution in [0.25, 0.3) is 0 Å². The van der Waals surface area contributed by atoms with E-state index in [2.05, 4.69) is 10.1 Å². The van der Waals surface area contributed by atoms with Gasteiger partial charge in [0.25, 0.3) is 0 Å². The Bertz CT molecular complexity index is 567. The van der Waals surface area contributed by atoms with Gasteiger partial charge in [0.2, 0.25) is 0 Å². The van der Waals surface area contributed by atoms with Gasteiger partial charge in [-0.25, -0.2) is 4.79 Å². The minimum atomic E-state index is -4.95. The Balaban J connectivity index is 0.00000151. The van der Waals surface area contributed by atoms with Crippen LogP contribution in [0, 0.1) is 0 Å². The van der Waals surface area contributed by atoms with Crippen molar-refractivity contribution < 1.29 is 27.5 Å². The Labute approximate surface area is 145 Å². The Morgan fingerprint density at radius 3 is 2.08 bits per heavy atom. The molecule has 25 heavy (non-hydrogen) atoms. The van der Waals surface area contributed by atoms with Gasteiger partial charge in [-0.1, -0.05) is 13.8 Å². The molecular formula is C17H23F3N2O3. The van der Waals surface area contributed by atoms with Gasteiger partial charge in [0.05, 0.1) is 12.7 Å². The van der Waals surface area contributed by atoms with Crippen LogP contribution < -0.4 is 10.2 Å². The highest BCUT2D eigenvalue weighted by Crippen LogP contribution is 2.28. The summed E-state index contributed by atoms with van der Waals surface area (Å²) in [4.78, 5) is 24.0. The lowest BCUT2D eigenvalue weighted by Gasteiger charge is -2.35. The molecular weight excluding hydrogens is 337 g/mol. The molecule has 0 aromatic heterocycles. The van der Waals surface area contributed by atoms with Gasteiger partial charge in [-0.2, -0.15) is 13.2 Å². The summed E-state index contributed by atoms with van der Waals surface area (Å²) in [7, 11) is 1.21. The average molecular weight is 360 g/mol. The number of esters is 1. The Kier molecular flexibility index (Phi) is 7.89. The SMILES string of the molecule is CC.COC(=O)c1ccc(N(C(=O)C(F)(F)F)C2CCNCC2)cc1. The smallest absolute Gasteiger partial charge is 0.465 e. The largest absolute Gasteiger partial charge is 0.471 e. The number of alkyl halides is 3. The molecule has 0 aliphatic carbocycles. The van der Waals surface area contributed by atoms with E-state index in [0.29, 0.717) is 25.9 Å². The molecule has 0 spiro atoms. The van der Waals surface area contributed by atoms with Crippen LogP contribution in [0.3, 0.4) is 0 Å². The number of methoxy groups -OCH3 is 1. The Hall–Kier alpha value is -2.09. The van der Waals surface area contributed by atoms with E-state index in [0.717, 1.165) is 4.90 Å².